The van der Waals surface area contributed by atoms with Crippen LogP contribution in [0.5, 0.6) is 0 Å². The van der Waals surface area contributed by atoms with Crippen molar-refractivity contribution in [3.63, 3.8) is 0 Å². The molecule has 0 unspecified atom stereocenters. The molecular weight excluding hydrogens is 557 g/mol. The van der Waals surface area contributed by atoms with Crippen LogP contribution < -0.4 is 9.00 Å². The van der Waals surface area contributed by atoms with Crippen LogP contribution in [0.4, 0.5) is 0 Å². The third kappa shape index (κ3) is 4.25. The van der Waals surface area contributed by atoms with Gasteiger partial charge in [0.05, 0.1) is 23.3 Å². The molecule has 0 aliphatic rings. The second-order valence-electron chi connectivity index (χ2n) is 13.7. The number of hydrogen-bond donors (Lipinski definition) is 0. The maximum absolute atomic E-state index is 10.4. The highest BCUT2D eigenvalue weighted by Crippen LogP contribution is 2.47. The van der Waals surface area contributed by atoms with Crippen molar-refractivity contribution in [3.05, 3.63) is 35.4 Å². The van der Waals surface area contributed by atoms with Gasteiger partial charge in [0, 0.05) is 30.9 Å². The Morgan fingerprint density at radius 3 is 0.975 bits per heavy atom. The second kappa shape index (κ2) is 11.0. The van der Waals surface area contributed by atoms with Gasteiger partial charge in [-0.2, -0.15) is 10.5 Å². The molecule has 0 N–H and O–H groups in total. The van der Waals surface area contributed by atoms with E-state index in [1.165, 1.54) is 18.4 Å². The predicted octanol–water partition coefficient (Wildman–Crippen LogP) is 10.8. The van der Waals surface area contributed by atoms with Gasteiger partial charge in [0.25, 0.3) is 0 Å². The first kappa shape index (κ1) is 31.0. The normalized spacial score (nSPS) is 13.3. The van der Waals surface area contributed by atoms with Crippen molar-refractivity contribution in [2.75, 3.05) is 0 Å². The number of thiophene rings is 2. The topological polar surface area (TPSA) is 47.6 Å². The largest absolute Gasteiger partial charge is 0.192 e. The van der Waals surface area contributed by atoms with E-state index in [0.29, 0.717) is 33.2 Å². The minimum Gasteiger partial charge on any atom is -0.192 e. The SMILES string of the molecule is CC(C)[Si](c1cc2c(C#N)cc3c(cc(C#N)c4cc([Si](C(C)C)(C(C)C)C(C)C)sc43)c2s1)(C(C)C)C(C)C. The number of nitrogens with zero attached hydrogens (tertiary/aromatic N) is 2. The standard InChI is InChI=1S/C34H46N2S2Si2/c1-19(2)39(20(3)4,21(5)6)31-15-27-25(17-35)13-30-29(33(27)37-31)14-26(18-36)28-16-32(38-34(28)30)40(22(7)8,23(9)10)24(11)12/h13-16,19-24H,1-12H3. The van der Waals surface area contributed by atoms with E-state index in [9.17, 15) is 10.5 Å². The lowest BCUT2D eigenvalue weighted by Crippen LogP contribution is -2.54. The highest BCUT2D eigenvalue weighted by molar-refractivity contribution is 7.34. The summed E-state index contributed by atoms with van der Waals surface area (Å²) in [4.78, 5) is 0. The van der Waals surface area contributed by atoms with Crippen LogP contribution in [0.2, 0.25) is 33.2 Å². The Morgan fingerprint density at radius 2 is 0.750 bits per heavy atom. The van der Waals surface area contributed by atoms with E-state index in [1.807, 2.05) is 22.7 Å². The van der Waals surface area contributed by atoms with Crippen molar-refractivity contribution in [2.24, 2.45) is 0 Å². The molecule has 0 saturated heterocycles. The maximum atomic E-state index is 10.4. The summed E-state index contributed by atoms with van der Waals surface area (Å²) in [6.07, 6.45) is 0. The highest BCUT2D eigenvalue weighted by atomic mass is 32.1. The Kier molecular flexibility index (Phi) is 8.54. The van der Waals surface area contributed by atoms with Gasteiger partial charge in [-0.25, -0.2) is 0 Å². The molecule has 2 nitrogen and oxygen atoms in total. The molecule has 0 amide bonds. The third-order valence-corrected chi connectivity index (χ3v) is 28.4. The van der Waals surface area contributed by atoms with Crippen LogP contribution in [-0.2, 0) is 0 Å². The highest BCUT2D eigenvalue weighted by Gasteiger charge is 2.47. The van der Waals surface area contributed by atoms with Gasteiger partial charge in [0.1, 0.15) is 16.1 Å². The molecule has 0 radical (unpaired) electrons. The first-order valence-corrected chi connectivity index (χ1v) is 21.1. The molecule has 2 aromatic carbocycles. The van der Waals surface area contributed by atoms with E-state index in [4.69, 9.17) is 0 Å². The van der Waals surface area contributed by atoms with Gasteiger partial charge in [-0.3, -0.25) is 0 Å². The summed E-state index contributed by atoms with van der Waals surface area (Å²) in [5.74, 6) is 0. The van der Waals surface area contributed by atoms with Crippen LogP contribution in [-0.4, -0.2) is 16.1 Å². The molecule has 2 heterocycles. The fourth-order valence-electron chi connectivity index (χ4n) is 8.88. The van der Waals surface area contributed by atoms with Crippen molar-refractivity contribution >= 4 is 78.8 Å². The summed E-state index contributed by atoms with van der Waals surface area (Å²) in [5.41, 5.74) is 5.12. The summed E-state index contributed by atoms with van der Waals surface area (Å²) in [6, 6.07) is 14.1. The van der Waals surface area contributed by atoms with Crippen LogP contribution in [0.1, 0.15) is 94.2 Å². The molecule has 40 heavy (non-hydrogen) atoms. The summed E-state index contributed by atoms with van der Waals surface area (Å²) in [6.45, 7) is 28.8. The smallest absolute Gasteiger partial charge is 0.107 e. The quantitative estimate of drug-likeness (QED) is 0.188. The van der Waals surface area contributed by atoms with Crippen LogP contribution in [0, 0.1) is 22.7 Å². The Bertz CT molecular complexity index is 1490. The van der Waals surface area contributed by atoms with Crippen molar-refractivity contribution in [3.8, 4) is 12.1 Å². The molecule has 4 rings (SSSR count). The van der Waals surface area contributed by atoms with E-state index >= 15 is 0 Å². The molecule has 0 saturated carbocycles. The van der Waals surface area contributed by atoms with E-state index < -0.39 is 16.1 Å². The molecule has 0 atom stereocenters. The van der Waals surface area contributed by atoms with Gasteiger partial charge in [0.2, 0.25) is 0 Å². The van der Waals surface area contributed by atoms with Crippen LogP contribution in [0.3, 0.4) is 0 Å². The predicted molar refractivity (Wildman–Crippen MR) is 186 cm³/mol. The molecular formula is C34H46N2S2Si2. The average Bonchev–Trinajstić information content (AvgIpc) is 3.48. The fraction of sp³-hybridized carbons (Fsp3) is 0.529. The molecule has 0 aliphatic carbocycles. The molecule has 6 heteroatoms. The first-order valence-electron chi connectivity index (χ1n) is 15.0. The second-order valence-corrected chi connectivity index (χ2v) is 28.2. The Morgan fingerprint density at radius 1 is 0.475 bits per heavy atom. The molecule has 2 aromatic heterocycles. The number of rotatable bonds is 8. The summed E-state index contributed by atoms with van der Waals surface area (Å²) in [5, 5.41) is 25.2. The fourth-order valence-corrected chi connectivity index (χ4v) is 29.3. The number of hydrogen-bond acceptors (Lipinski definition) is 4. The first-order chi connectivity index (χ1) is 18.7. The zero-order valence-corrected chi connectivity index (χ0v) is 30.1. The number of benzene rings is 2. The lowest BCUT2D eigenvalue weighted by molar-refractivity contribution is 0.837. The zero-order chi connectivity index (χ0) is 29.9. The van der Waals surface area contributed by atoms with Crippen molar-refractivity contribution in [1.82, 2.24) is 0 Å². The number of nitriles is 2. The Hall–Kier alpha value is -1.97. The Labute approximate surface area is 252 Å². The van der Waals surface area contributed by atoms with Crippen LogP contribution in [0.25, 0.3) is 30.9 Å². The molecule has 0 spiro atoms. The van der Waals surface area contributed by atoms with E-state index in [1.54, 1.807) is 0 Å². The summed E-state index contributed by atoms with van der Waals surface area (Å²) in [7, 11) is -3.78. The lowest BCUT2D eigenvalue weighted by atomic mass is 9.99. The Balaban J connectivity index is 2.18. The van der Waals surface area contributed by atoms with Gasteiger partial charge in [-0.15, -0.1) is 22.7 Å². The summed E-state index contributed by atoms with van der Waals surface area (Å²) >= 11 is 3.84. The zero-order valence-electron chi connectivity index (χ0n) is 26.5. The van der Waals surface area contributed by atoms with Crippen LogP contribution in [0.15, 0.2) is 24.3 Å². The molecule has 0 aliphatic heterocycles. The molecule has 212 valence electrons. The van der Waals surface area contributed by atoms with Crippen molar-refractivity contribution in [2.45, 2.75) is 116 Å². The summed E-state index contributed by atoms with van der Waals surface area (Å²) < 4.78 is 5.39. The maximum Gasteiger partial charge on any atom is 0.107 e. The van der Waals surface area contributed by atoms with Gasteiger partial charge in [-0.05, 0) is 66.5 Å². The molecule has 0 fully saturated rings. The van der Waals surface area contributed by atoms with Gasteiger partial charge in [0.15, 0.2) is 0 Å². The van der Waals surface area contributed by atoms with Crippen molar-refractivity contribution < 1.29 is 0 Å². The lowest BCUT2D eigenvalue weighted by Gasteiger charge is -2.42. The van der Waals surface area contributed by atoms with Crippen molar-refractivity contribution in [1.29, 1.82) is 10.5 Å². The van der Waals surface area contributed by atoms with Gasteiger partial charge >= 0.3 is 0 Å². The van der Waals surface area contributed by atoms with E-state index in [2.05, 4.69) is 119 Å². The third-order valence-electron chi connectivity index (χ3n) is 10.2. The van der Waals surface area contributed by atoms with Gasteiger partial charge in [-0.1, -0.05) is 83.1 Å². The van der Waals surface area contributed by atoms with E-state index in [0.717, 1.165) is 32.7 Å². The van der Waals surface area contributed by atoms with Gasteiger partial charge < -0.3 is 0 Å². The van der Waals surface area contributed by atoms with Crippen LogP contribution >= 0.6 is 22.7 Å². The monoisotopic (exact) mass is 602 g/mol. The minimum absolute atomic E-state index is 0.597. The van der Waals surface area contributed by atoms with E-state index in [-0.39, 0.29) is 0 Å². The minimum atomic E-state index is -1.89. The molecule has 0 bridgehead atoms. The average molecular weight is 603 g/mol. The molecule has 4 aromatic rings. The number of fused-ring (bicyclic) bond motifs is 5.